The molecule has 1 unspecified atom stereocenters. The lowest BCUT2D eigenvalue weighted by molar-refractivity contribution is -0.124. The second kappa shape index (κ2) is 8.79. The van der Waals surface area contributed by atoms with Gasteiger partial charge in [0.15, 0.2) is 5.65 Å². The van der Waals surface area contributed by atoms with Crippen molar-refractivity contribution < 1.29 is 14.3 Å². The largest absolute Gasteiger partial charge is 0.383 e. The number of imide groups is 1. The van der Waals surface area contributed by atoms with Crippen LogP contribution in [0.25, 0.3) is 11.7 Å². The van der Waals surface area contributed by atoms with Crippen LogP contribution in [0.5, 0.6) is 0 Å². The van der Waals surface area contributed by atoms with Crippen LogP contribution in [-0.2, 0) is 14.3 Å². The molecule has 3 rings (SSSR count). The molecule has 1 saturated heterocycles. The molecule has 0 aliphatic carbocycles. The van der Waals surface area contributed by atoms with Crippen LogP contribution in [0.4, 0.5) is 11.9 Å². The van der Waals surface area contributed by atoms with Gasteiger partial charge < -0.3 is 15.4 Å². The number of carbonyl (C=O) groups is 2. The molecule has 1 aliphatic heterocycles. The fourth-order valence-corrected chi connectivity index (χ4v) is 2.67. The molecule has 10 heteroatoms. The van der Waals surface area contributed by atoms with E-state index in [9.17, 15) is 9.59 Å². The number of hydrogen-bond donors (Lipinski definition) is 3. The zero-order valence-electron chi connectivity index (χ0n) is 16.3. The van der Waals surface area contributed by atoms with Crippen molar-refractivity contribution in [2.24, 2.45) is 5.92 Å². The molecule has 28 heavy (non-hydrogen) atoms. The number of aromatic nitrogens is 4. The molecule has 3 N–H and O–H groups in total. The summed E-state index contributed by atoms with van der Waals surface area (Å²) < 4.78 is 6.65. The summed E-state index contributed by atoms with van der Waals surface area (Å²) in [5, 5.41) is 13.1. The number of anilines is 2. The smallest absolute Gasteiger partial charge is 0.254 e. The van der Waals surface area contributed by atoms with Crippen LogP contribution in [0.2, 0.25) is 0 Å². The molecule has 3 heterocycles. The Morgan fingerprint density at radius 2 is 2.18 bits per heavy atom. The summed E-state index contributed by atoms with van der Waals surface area (Å²) in [5.41, 5.74) is 1.58. The quantitative estimate of drug-likeness (QED) is 0.332. The van der Waals surface area contributed by atoms with Crippen LogP contribution in [0.3, 0.4) is 0 Å². The van der Waals surface area contributed by atoms with Gasteiger partial charge in [-0.1, -0.05) is 20.3 Å². The Labute approximate surface area is 162 Å². The van der Waals surface area contributed by atoms with Crippen LogP contribution in [0.1, 0.15) is 32.3 Å². The standard InChI is InChI=1S/C18H25N7O3/c1-4-11(2)9-20-17-23-15-13(7-12-8-14(26)22-16(12)27)10-21-25(15)18(24-17)19-5-6-28-3/h7,10-11H,4-6,8-9H2,1-3H3,(H,22,26,27)(H2,19,20,23,24). The summed E-state index contributed by atoms with van der Waals surface area (Å²) >= 11 is 0. The number of carbonyl (C=O) groups excluding carboxylic acids is 2. The van der Waals surface area contributed by atoms with E-state index in [-0.39, 0.29) is 18.2 Å². The number of nitrogens with zero attached hydrogens (tertiary/aromatic N) is 4. The maximum absolute atomic E-state index is 11.9. The minimum Gasteiger partial charge on any atom is -0.383 e. The monoisotopic (exact) mass is 387 g/mol. The highest BCUT2D eigenvalue weighted by atomic mass is 16.5. The Bertz CT molecular complexity index is 906. The molecule has 0 saturated carbocycles. The number of rotatable bonds is 9. The number of nitrogens with one attached hydrogen (secondary N) is 3. The van der Waals surface area contributed by atoms with Crippen molar-refractivity contribution in [3.63, 3.8) is 0 Å². The molecule has 2 amide bonds. The molecular formula is C18H25N7O3. The van der Waals surface area contributed by atoms with Crippen LogP contribution >= 0.6 is 0 Å². The van der Waals surface area contributed by atoms with Gasteiger partial charge in [0.2, 0.25) is 17.8 Å². The number of fused-ring (bicyclic) bond motifs is 1. The second-order valence-corrected chi connectivity index (χ2v) is 6.74. The Hall–Kier alpha value is -3.01. The first kappa shape index (κ1) is 19.7. The Morgan fingerprint density at radius 1 is 1.36 bits per heavy atom. The molecule has 1 atom stereocenters. The topological polar surface area (TPSA) is 123 Å². The fourth-order valence-electron chi connectivity index (χ4n) is 2.67. The third-order valence-corrected chi connectivity index (χ3v) is 4.52. The Balaban J connectivity index is 1.96. The van der Waals surface area contributed by atoms with E-state index >= 15 is 0 Å². The minimum atomic E-state index is -0.382. The lowest BCUT2D eigenvalue weighted by atomic mass is 10.1. The number of methoxy groups -OCH3 is 1. The van der Waals surface area contributed by atoms with E-state index in [0.717, 1.165) is 13.0 Å². The molecule has 0 aromatic carbocycles. The van der Waals surface area contributed by atoms with Crippen molar-refractivity contribution in [3.8, 4) is 0 Å². The van der Waals surface area contributed by atoms with E-state index in [2.05, 4.69) is 44.9 Å². The van der Waals surface area contributed by atoms with Gasteiger partial charge in [-0.05, 0) is 12.0 Å². The first-order valence-electron chi connectivity index (χ1n) is 9.29. The molecule has 150 valence electrons. The number of ether oxygens (including phenoxy) is 1. The maximum atomic E-state index is 11.9. The molecule has 0 bridgehead atoms. The summed E-state index contributed by atoms with van der Waals surface area (Å²) in [7, 11) is 1.63. The first-order chi connectivity index (χ1) is 13.5. The summed E-state index contributed by atoms with van der Waals surface area (Å²) in [5.74, 6) is 0.779. The van der Waals surface area contributed by atoms with Gasteiger partial charge in [0.1, 0.15) is 0 Å². The van der Waals surface area contributed by atoms with Gasteiger partial charge in [0.25, 0.3) is 5.91 Å². The molecule has 2 aromatic heterocycles. The molecule has 10 nitrogen and oxygen atoms in total. The summed E-state index contributed by atoms with van der Waals surface area (Å²) in [6.07, 6.45) is 4.35. The van der Waals surface area contributed by atoms with Crippen molar-refractivity contribution in [2.45, 2.75) is 26.7 Å². The minimum absolute atomic E-state index is 0.0549. The maximum Gasteiger partial charge on any atom is 0.254 e. The lowest BCUT2D eigenvalue weighted by Crippen LogP contribution is -2.19. The summed E-state index contributed by atoms with van der Waals surface area (Å²) in [4.78, 5) is 32.4. The third-order valence-electron chi connectivity index (χ3n) is 4.52. The number of hydrogen-bond acceptors (Lipinski definition) is 8. The average molecular weight is 387 g/mol. The van der Waals surface area contributed by atoms with Gasteiger partial charge in [-0.3, -0.25) is 14.9 Å². The van der Waals surface area contributed by atoms with Gasteiger partial charge in [-0.25, -0.2) is 0 Å². The van der Waals surface area contributed by atoms with E-state index in [1.54, 1.807) is 23.9 Å². The van der Waals surface area contributed by atoms with Crippen LogP contribution in [0.15, 0.2) is 11.8 Å². The highest BCUT2D eigenvalue weighted by molar-refractivity contribution is 6.15. The van der Waals surface area contributed by atoms with Crippen molar-refractivity contribution in [1.82, 2.24) is 24.9 Å². The van der Waals surface area contributed by atoms with Crippen molar-refractivity contribution in [2.75, 3.05) is 37.4 Å². The number of amides is 2. The van der Waals surface area contributed by atoms with E-state index in [4.69, 9.17) is 4.74 Å². The van der Waals surface area contributed by atoms with Gasteiger partial charge in [-0.2, -0.15) is 19.6 Å². The van der Waals surface area contributed by atoms with E-state index < -0.39 is 0 Å². The highest BCUT2D eigenvalue weighted by Crippen LogP contribution is 2.20. The fraction of sp³-hybridized carbons (Fsp3) is 0.500. The molecule has 1 fully saturated rings. The highest BCUT2D eigenvalue weighted by Gasteiger charge is 2.24. The normalized spacial score (nSPS) is 16.6. The average Bonchev–Trinajstić information content (AvgIpc) is 3.22. The van der Waals surface area contributed by atoms with Gasteiger partial charge >= 0.3 is 0 Å². The van der Waals surface area contributed by atoms with Crippen molar-refractivity contribution >= 4 is 35.4 Å². The molecule has 2 aromatic rings. The van der Waals surface area contributed by atoms with Gasteiger partial charge in [0, 0.05) is 31.3 Å². The predicted octanol–water partition coefficient (Wildman–Crippen LogP) is 1.07. The first-order valence-corrected chi connectivity index (χ1v) is 9.29. The molecule has 1 aliphatic rings. The zero-order valence-corrected chi connectivity index (χ0v) is 16.3. The van der Waals surface area contributed by atoms with Gasteiger partial charge in [-0.15, -0.1) is 0 Å². The summed E-state index contributed by atoms with van der Waals surface area (Å²) in [6.45, 7) is 6.09. The zero-order chi connectivity index (χ0) is 20.1. The third kappa shape index (κ3) is 4.45. The van der Waals surface area contributed by atoms with E-state index in [1.807, 2.05) is 0 Å². The van der Waals surface area contributed by atoms with Crippen LogP contribution in [-0.4, -0.2) is 58.2 Å². The SMILES string of the molecule is CCC(C)CNc1nc(NCCOC)n2ncc(C=C3CC(=O)NC3=O)c2n1. The van der Waals surface area contributed by atoms with Crippen molar-refractivity contribution in [3.05, 3.63) is 17.3 Å². The van der Waals surface area contributed by atoms with Crippen molar-refractivity contribution in [1.29, 1.82) is 0 Å². The van der Waals surface area contributed by atoms with Crippen LogP contribution in [0, 0.1) is 5.92 Å². The molecule has 0 spiro atoms. The van der Waals surface area contributed by atoms with E-state index in [1.165, 1.54) is 0 Å². The Kier molecular flexibility index (Phi) is 6.19. The lowest BCUT2D eigenvalue weighted by Gasteiger charge is -2.12. The second-order valence-electron chi connectivity index (χ2n) is 6.74. The van der Waals surface area contributed by atoms with Crippen LogP contribution < -0.4 is 16.0 Å². The predicted molar refractivity (Wildman–Crippen MR) is 105 cm³/mol. The summed E-state index contributed by atoms with van der Waals surface area (Å²) in [6, 6.07) is 0. The Morgan fingerprint density at radius 3 is 2.86 bits per heavy atom. The van der Waals surface area contributed by atoms with E-state index in [0.29, 0.717) is 47.7 Å². The van der Waals surface area contributed by atoms with Gasteiger partial charge in [0.05, 0.1) is 19.2 Å². The molecule has 0 radical (unpaired) electrons. The molecular weight excluding hydrogens is 362 g/mol.